The van der Waals surface area contributed by atoms with Crippen molar-refractivity contribution in [3.63, 3.8) is 0 Å². The smallest absolute Gasteiger partial charge is 0.239 e. The summed E-state index contributed by atoms with van der Waals surface area (Å²) in [6.45, 7) is 8.54. The Morgan fingerprint density at radius 2 is 1.79 bits per heavy atom. The maximum Gasteiger partial charge on any atom is 0.239 e. The lowest BCUT2D eigenvalue weighted by molar-refractivity contribution is 0.398. The minimum Gasteiger partial charge on any atom is -0.481 e. The number of hydrogen-bond donors (Lipinski definition) is 1. The molecule has 8 nitrogen and oxygen atoms in total. The van der Waals surface area contributed by atoms with Gasteiger partial charge in [-0.2, -0.15) is 5.10 Å². The molecule has 0 saturated carbocycles. The van der Waals surface area contributed by atoms with Gasteiger partial charge in [-0.1, -0.05) is 38.1 Å². The van der Waals surface area contributed by atoms with Crippen LogP contribution in [0.1, 0.15) is 43.5 Å². The number of hydrogen-bond acceptors (Lipinski definition) is 7. The molecule has 1 N–H and O–H groups in total. The molecular formula is C25H31N7OS. The van der Waals surface area contributed by atoms with Gasteiger partial charge in [-0.15, -0.1) is 10.2 Å². The fourth-order valence-electron chi connectivity index (χ4n) is 3.86. The summed E-state index contributed by atoms with van der Waals surface area (Å²) in [7, 11) is 1.62. The fraction of sp³-hybridized carbons (Fsp3) is 0.360. The number of rotatable bonds is 10. The highest BCUT2D eigenvalue weighted by molar-refractivity contribution is 8.00. The van der Waals surface area contributed by atoms with Crippen LogP contribution in [0, 0.1) is 6.92 Å². The van der Waals surface area contributed by atoms with Gasteiger partial charge in [0.05, 0.1) is 25.0 Å². The van der Waals surface area contributed by atoms with Crippen LogP contribution in [0.15, 0.2) is 48.8 Å². The van der Waals surface area contributed by atoms with Gasteiger partial charge in [-0.05, 0) is 61.4 Å². The highest BCUT2D eigenvalue weighted by atomic mass is 32.2. The minimum atomic E-state index is 0.233. The van der Waals surface area contributed by atoms with E-state index in [9.17, 15) is 0 Å². The number of ether oxygens (including phenoxy) is 1. The third kappa shape index (κ3) is 4.94. The summed E-state index contributed by atoms with van der Waals surface area (Å²) in [5, 5.41) is 13.5. The Bertz CT molecular complexity index is 1230. The molecule has 4 rings (SSSR count). The zero-order valence-corrected chi connectivity index (χ0v) is 21.1. The molecule has 0 bridgehead atoms. The maximum atomic E-state index is 5.36. The first-order valence-electron chi connectivity index (χ1n) is 11.5. The molecule has 1 atom stereocenters. The van der Waals surface area contributed by atoms with Crippen LogP contribution in [-0.4, -0.2) is 42.4 Å². The third-order valence-electron chi connectivity index (χ3n) is 5.68. The molecule has 1 aromatic carbocycles. The summed E-state index contributed by atoms with van der Waals surface area (Å²) < 4.78 is 12.9. The summed E-state index contributed by atoms with van der Waals surface area (Å²) in [5.74, 6) is 2.70. The van der Waals surface area contributed by atoms with Gasteiger partial charge < -0.3 is 4.74 Å². The normalized spacial score (nSPS) is 12.0. The molecule has 3 heterocycles. The van der Waals surface area contributed by atoms with E-state index in [1.54, 1.807) is 19.1 Å². The third-order valence-corrected chi connectivity index (χ3v) is 6.66. The molecule has 0 spiro atoms. The average Bonchev–Trinajstić information content (AvgIpc) is 3.49. The van der Waals surface area contributed by atoms with E-state index in [0.29, 0.717) is 23.3 Å². The van der Waals surface area contributed by atoms with E-state index >= 15 is 0 Å². The van der Waals surface area contributed by atoms with Crippen LogP contribution < -0.4 is 9.46 Å². The molecule has 34 heavy (non-hydrogen) atoms. The number of pyridine rings is 1. The van der Waals surface area contributed by atoms with Gasteiger partial charge in [0.2, 0.25) is 11.8 Å². The summed E-state index contributed by atoms with van der Waals surface area (Å²) in [6, 6.07) is 12.4. The number of methoxy groups -OCH3 is 1. The summed E-state index contributed by atoms with van der Waals surface area (Å²) in [4.78, 5) is 4.63. The van der Waals surface area contributed by atoms with Crippen molar-refractivity contribution in [2.45, 2.75) is 46.6 Å². The zero-order chi connectivity index (χ0) is 24.1. The second kappa shape index (κ2) is 10.7. The predicted octanol–water partition coefficient (Wildman–Crippen LogP) is 5.29. The molecule has 1 unspecified atom stereocenters. The fourth-order valence-corrected chi connectivity index (χ4v) is 4.60. The van der Waals surface area contributed by atoms with Crippen LogP contribution in [0.25, 0.3) is 17.2 Å². The molecule has 178 valence electrons. The Morgan fingerprint density at radius 3 is 2.44 bits per heavy atom. The molecule has 0 aliphatic carbocycles. The van der Waals surface area contributed by atoms with E-state index < -0.39 is 0 Å². The van der Waals surface area contributed by atoms with E-state index in [0.717, 1.165) is 29.8 Å². The van der Waals surface area contributed by atoms with Crippen molar-refractivity contribution in [2.75, 3.05) is 17.6 Å². The first-order chi connectivity index (χ1) is 16.5. The predicted molar refractivity (Wildman–Crippen MR) is 138 cm³/mol. The van der Waals surface area contributed by atoms with E-state index in [2.05, 4.69) is 81.7 Å². The lowest BCUT2D eigenvalue weighted by Gasteiger charge is -2.18. The Kier molecular flexibility index (Phi) is 7.52. The molecule has 3 aromatic heterocycles. The summed E-state index contributed by atoms with van der Waals surface area (Å²) in [5.41, 5.74) is 5.44. The Morgan fingerprint density at radius 1 is 1.06 bits per heavy atom. The van der Waals surface area contributed by atoms with Crippen molar-refractivity contribution >= 4 is 17.9 Å². The monoisotopic (exact) mass is 477 g/mol. The van der Waals surface area contributed by atoms with Crippen LogP contribution in [0.2, 0.25) is 0 Å². The number of nitrogens with one attached hydrogen (secondary N) is 1. The van der Waals surface area contributed by atoms with Gasteiger partial charge >= 0.3 is 0 Å². The van der Waals surface area contributed by atoms with E-state index in [-0.39, 0.29) is 6.04 Å². The number of aryl methyl sites for hydroxylation is 3. The second-order valence-corrected chi connectivity index (χ2v) is 8.97. The number of para-hydroxylation sites is 1. The molecule has 9 heteroatoms. The zero-order valence-electron chi connectivity index (χ0n) is 20.3. The first kappa shape index (κ1) is 23.8. The van der Waals surface area contributed by atoms with Crippen molar-refractivity contribution in [1.29, 1.82) is 0 Å². The van der Waals surface area contributed by atoms with Crippen molar-refractivity contribution < 1.29 is 4.74 Å². The number of anilines is 1. The molecule has 0 amide bonds. The van der Waals surface area contributed by atoms with E-state index in [4.69, 9.17) is 4.74 Å². The Labute approximate surface area is 204 Å². The number of aromatic nitrogens is 6. The summed E-state index contributed by atoms with van der Waals surface area (Å²) >= 11 is 1.59. The molecule has 0 radical (unpaired) electrons. The molecular weight excluding hydrogens is 446 g/mol. The average molecular weight is 478 g/mol. The topological polar surface area (TPSA) is 82.7 Å². The van der Waals surface area contributed by atoms with Gasteiger partial charge in [0.25, 0.3) is 0 Å². The second-order valence-electron chi connectivity index (χ2n) is 8.14. The molecule has 0 fully saturated rings. The Balaban J connectivity index is 1.72. The molecule has 4 aromatic rings. The SMILES string of the molecule is CCc1cccc(CC)c1-n1c(NSCC(C)n2cc(C)cn2)nnc1-c1cccc(OC)n1. The van der Waals surface area contributed by atoms with Crippen LogP contribution in [0.4, 0.5) is 5.95 Å². The quantitative estimate of drug-likeness (QED) is 0.311. The van der Waals surface area contributed by atoms with Gasteiger partial charge in [-0.25, -0.2) is 4.98 Å². The van der Waals surface area contributed by atoms with Gasteiger partial charge in [-0.3, -0.25) is 14.0 Å². The van der Waals surface area contributed by atoms with Crippen LogP contribution >= 0.6 is 11.9 Å². The van der Waals surface area contributed by atoms with Gasteiger partial charge in [0, 0.05) is 18.0 Å². The highest BCUT2D eigenvalue weighted by Gasteiger charge is 2.21. The first-order valence-corrected chi connectivity index (χ1v) is 12.5. The van der Waals surface area contributed by atoms with Crippen molar-refractivity contribution in [3.05, 3.63) is 65.5 Å². The van der Waals surface area contributed by atoms with Crippen molar-refractivity contribution in [3.8, 4) is 23.1 Å². The van der Waals surface area contributed by atoms with E-state index in [1.807, 2.05) is 29.1 Å². The summed E-state index contributed by atoms with van der Waals surface area (Å²) in [6.07, 6.45) is 5.74. The van der Waals surface area contributed by atoms with Crippen LogP contribution in [0.5, 0.6) is 5.88 Å². The molecule has 0 aliphatic heterocycles. The van der Waals surface area contributed by atoms with E-state index in [1.165, 1.54) is 11.1 Å². The molecule has 0 aliphatic rings. The maximum absolute atomic E-state index is 5.36. The molecule has 0 saturated heterocycles. The van der Waals surface area contributed by atoms with Crippen molar-refractivity contribution in [2.24, 2.45) is 0 Å². The van der Waals surface area contributed by atoms with Crippen molar-refractivity contribution in [1.82, 2.24) is 29.5 Å². The van der Waals surface area contributed by atoms with Crippen LogP contribution in [-0.2, 0) is 12.8 Å². The highest BCUT2D eigenvalue weighted by Crippen LogP contribution is 2.31. The largest absolute Gasteiger partial charge is 0.481 e. The lowest BCUT2D eigenvalue weighted by Crippen LogP contribution is -2.12. The lowest BCUT2D eigenvalue weighted by atomic mass is 10.0. The number of benzene rings is 1. The van der Waals surface area contributed by atoms with Crippen LogP contribution in [0.3, 0.4) is 0 Å². The van der Waals surface area contributed by atoms with Gasteiger partial charge in [0.1, 0.15) is 5.69 Å². The number of nitrogens with zero attached hydrogens (tertiary/aromatic N) is 6. The Hall–Kier alpha value is -3.33. The van der Waals surface area contributed by atoms with Gasteiger partial charge in [0.15, 0.2) is 5.82 Å². The standard InChI is InChI=1S/C25H31N7OS/c1-6-19-10-8-11-20(7-2)23(19)32-24(21-12-9-13-22(27-21)33-5)28-29-25(32)30-34-16-18(4)31-15-17(3)14-26-31/h8-15,18H,6-7,16H2,1-5H3,(H,29,30). The minimum absolute atomic E-state index is 0.233.